The normalized spacial score (nSPS) is 14.7. The fourth-order valence-electron chi connectivity index (χ4n) is 3.02. The van der Waals surface area contributed by atoms with Gasteiger partial charge in [-0.3, -0.25) is 0 Å². The predicted octanol–water partition coefficient (Wildman–Crippen LogP) is 4.53. The zero-order valence-corrected chi connectivity index (χ0v) is 13.8. The van der Waals surface area contributed by atoms with E-state index < -0.39 is 6.10 Å². The lowest BCUT2D eigenvalue weighted by Gasteiger charge is -2.43. The SMILES string of the molecule is CCCCCC(CO)(CCCCC)C(O)C(C)(C)C. The third-order valence-corrected chi connectivity index (χ3v) is 4.27. The van der Waals surface area contributed by atoms with Crippen molar-refractivity contribution in [3.63, 3.8) is 0 Å². The maximum Gasteiger partial charge on any atom is 0.0666 e. The predicted molar refractivity (Wildman–Crippen MR) is 83.3 cm³/mol. The van der Waals surface area contributed by atoms with E-state index in [1.165, 1.54) is 25.7 Å². The summed E-state index contributed by atoms with van der Waals surface area (Å²) in [7, 11) is 0. The van der Waals surface area contributed by atoms with Gasteiger partial charge in [-0.15, -0.1) is 0 Å². The number of rotatable bonds is 10. The molecule has 0 aromatic carbocycles. The third kappa shape index (κ3) is 6.27. The first-order chi connectivity index (χ1) is 8.84. The molecule has 0 bridgehead atoms. The minimum Gasteiger partial charge on any atom is -0.396 e. The largest absolute Gasteiger partial charge is 0.396 e. The molecule has 0 rings (SSSR count). The van der Waals surface area contributed by atoms with Gasteiger partial charge in [0.15, 0.2) is 0 Å². The van der Waals surface area contributed by atoms with Crippen molar-refractivity contribution in [3.05, 3.63) is 0 Å². The molecule has 116 valence electrons. The van der Waals surface area contributed by atoms with Crippen LogP contribution in [0.15, 0.2) is 0 Å². The molecule has 2 nitrogen and oxygen atoms in total. The van der Waals surface area contributed by atoms with Crippen LogP contribution in [0.2, 0.25) is 0 Å². The Balaban J connectivity index is 4.83. The van der Waals surface area contributed by atoms with Gasteiger partial charge in [-0.25, -0.2) is 0 Å². The highest BCUT2D eigenvalue weighted by molar-refractivity contribution is 4.92. The number of unbranched alkanes of at least 4 members (excludes halogenated alkanes) is 4. The number of hydrogen-bond donors (Lipinski definition) is 2. The average Bonchev–Trinajstić information content (AvgIpc) is 2.35. The summed E-state index contributed by atoms with van der Waals surface area (Å²) in [6.45, 7) is 10.7. The van der Waals surface area contributed by atoms with Gasteiger partial charge in [0.25, 0.3) is 0 Å². The van der Waals surface area contributed by atoms with Crippen LogP contribution in [0.4, 0.5) is 0 Å². The van der Waals surface area contributed by atoms with Gasteiger partial charge in [-0.2, -0.15) is 0 Å². The van der Waals surface area contributed by atoms with Crippen LogP contribution < -0.4 is 0 Å². The van der Waals surface area contributed by atoms with E-state index in [4.69, 9.17) is 0 Å². The van der Waals surface area contributed by atoms with Crippen LogP contribution in [0.25, 0.3) is 0 Å². The Labute approximate surface area is 120 Å². The minimum atomic E-state index is -0.432. The highest BCUT2D eigenvalue weighted by Crippen LogP contribution is 2.42. The summed E-state index contributed by atoms with van der Waals surface area (Å²) in [6, 6.07) is 0. The van der Waals surface area contributed by atoms with Crippen molar-refractivity contribution in [3.8, 4) is 0 Å². The van der Waals surface area contributed by atoms with Gasteiger partial charge in [0.2, 0.25) is 0 Å². The Bertz CT molecular complexity index is 208. The second-order valence-electron chi connectivity index (χ2n) is 7.20. The molecule has 1 unspecified atom stereocenters. The first-order valence-electron chi connectivity index (χ1n) is 8.13. The van der Waals surface area contributed by atoms with E-state index in [9.17, 15) is 10.2 Å². The van der Waals surface area contributed by atoms with Crippen LogP contribution in [0.1, 0.15) is 86.0 Å². The quantitative estimate of drug-likeness (QED) is 0.573. The van der Waals surface area contributed by atoms with Crippen LogP contribution in [0, 0.1) is 10.8 Å². The first-order valence-corrected chi connectivity index (χ1v) is 8.13. The monoisotopic (exact) mass is 272 g/mol. The van der Waals surface area contributed by atoms with Crippen molar-refractivity contribution < 1.29 is 10.2 Å². The van der Waals surface area contributed by atoms with E-state index in [1.54, 1.807) is 0 Å². The fourth-order valence-corrected chi connectivity index (χ4v) is 3.02. The summed E-state index contributed by atoms with van der Waals surface area (Å²) in [6.07, 6.45) is 8.41. The van der Waals surface area contributed by atoms with E-state index in [0.717, 1.165) is 25.7 Å². The molecule has 0 aromatic rings. The van der Waals surface area contributed by atoms with Crippen LogP contribution >= 0.6 is 0 Å². The Kier molecular flexibility index (Phi) is 8.93. The first kappa shape index (κ1) is 18.9. The molecule has 0 heterocycles. The molecule has 0 fully saturated rings. The molecule has 0 aromatic heterocycles. The van der Waals surface area contributed by atoms with E-state index in [2.05, 4.69) is 34.6 Å². The second-order valence-corrected chi connectivity index (χ2v) is 7.20. The molecular weight excluding hydrogens is 236 g/mol. The number of aliphatic hydroxyl groups excluding tert-OH is 2. The van der Waals surface area contributed by atoms with Crippen LogP contribution in [0.5, 0.6) is 0 Å². The molecule has 0 aliphatic heterocycles. The Morgan fingerprint density at radius 3 is 1.53 bits per heavy atom. The highest BCUT2D eigenvalue weighted by atomic mass is 16.3. The lowest BCUT2D eigenvalue weighted by Crippen LogP contribution is -2.46. The smallest absolute Gasteiger partial charge is 0.0666 e. The molecule has 19 heavy (non-hydrogen) atoms. The lowest BCUT2D eigenvalue weighted by molar-refractivity contribution is -0.0882. The summed E-state index contributed by atoms with van der Waals surface area (Å²) in [5.41, 5.74) is -0.469. The molecule has 1 atom stereocenters. The zero-order valence-electron chi connectivity index (χ0n) is 13.8. The average molecular weight is 272 g/mol. The van der Waals surface area contributed by atoms with Gasteiger partial charge >= 0.3 is 0 Å². The molecule has 0 aliphatic carbocycles. The number of aliphatic hydroxyl groups is 2. The van der Waals surface area contributed by atoms with E-state index in [0.29, 0.717) is 0 Å². The molecule has 0 radical (unpaired) electrons. The standard InChI is InChI=1S/C17H36O2/c1-6-8-10-12-17(14-18,13-11-9-7-2)15(19)16(3,4)5/h15,18-19H,6-14H2,1-5H3. The summed E-state index contributed by atoms with van der Waals surface area (Å²) in [5, 5.41) is 20.7. The van der Waals surface area contributed by atoms with E-state index in [1.807, 2.05) is 0 Å². The summed E-state index contributed by atoms with van der Waals surface area (Å²) in [5.74, 6) is 0. The van der Waals surface area contributed by atoms with Crippen molar-refractivity contribution in [2.45, 2.75) is 92.1 Å². The molecule has 0 saturated heterocycles. The Morgan fingerprint density at radius 1 is 0.842 bits per heavy atom. The van der Waals surface area contributed by atoms with E-state index in [-0.39, 0.29) is 17.4 Å². The Hall–Kier alpha value is -0.0800. The molecule has 0 amide bonds. The maximum absolute atomic E-state index is 10.7. The van der Waals surface area contributed by atoms with Crippen LogP contribution in [-0.4, -0.2) is 22.9 Å². The van der Waals surface area contributed by atoms with Crippen molar-refractivity contribution >= 4 is 0 Å². The van der Waals surface area contributed by atoms with Crippen LogP contribution in [-0.2, 0) is 0 Å². The van der Waals surface area contributed by atoms with Gasteiger partial charge in [0.1, 0.15) is 0 Å². The van der Waals surface area contributed by atoms with Crippen molar-refractivity contribution in [2.75, 3.05) is 6.61 Å². The maximum atomic E-state index is 10.7. The van der Waals surface area contributed by atoms with Gasteiger partial charge in [-0.05, 0) is 18.3 Å². The van der Waals surface area contributed by atoms with Crippen molar-refractivity contribution in [2.24, 2.45) is 10.8 Å². The molecule has 2 N–H and O–H groups in total. The second kappa shape index (κ2) is 8.97. The highest BCUT2D eigenvalue weighted by Gasteiger charge is 2.42. The number of hydrogen-bond acceptors (Lipinski definition) is 2. The topological polar surface area (TPSA) is 40.5 Å². The van der Waals surface area contributed by atoms with Crippen molar-refractivity contribution in [1.82, 2.24) is 0 Å². The fraction of sp³-hybridized carbons (Fsp3) is 1.00. The molecule has 0 aliphatic rings. The zero-order chi connectivity index (χ0) is 14.9. The summed E-state index contributed by atoms with van der Waals surface area (Å²) in [4.78, 5) is 0. The minimum absolute atomic E-state index is 0.110. The summed E-state index contributed by atoms with van der Waals surface area (Å²) < 4.78 is 0. The van der Waals surface area contributed by atoms with Gasteiger partial charge in [0, 0.05) is 5.41 Å². The van der Waals surface area contributed by atoms with Gasteiger partial charge < -0.3 is 10.2 Å². The summed E-state index contributed by atoms with van der Waals surface area (Å²) >= 11 is 0. The molecule has 0 saturated carbocycles. The van der Waals surface area contributed by atoms with Gasteiger partial charge in [0.05, 0.1) is 12.7 Å². The van der Waals surface area contributed by atoms with Gasteiger partial charge in [-0.1, -0.05) is 73.1 Å². The third-order valence-electron chi connectivity index (χ3n) is 4.27. The van der Waals surface area contributed by atoms with E-state index >= 15 is 0 Å². The van der Waals surface area contributed by atoms with Crippen LogP contribution in [0.3, 0.4) is 0 Å². The molecular formula is C17H36O2. The van der Waals surface area contributed by atoms with Crippen molar-refractivity contribution in [1.29, 1.82) is 0 Å². The lowest BCUT2D eigenvalue weighted by atomic mass is 9.66. The molecule has 0 spiro atoms. The molecule has 2 heteroatoms. The Morgan fingerprint density at radius 2 is 1.26 bits per heavy atom.